The fourth-order valence-corrected chi connectivity index (χ4v) is 9.63. The lowest BCUT2D eigenvalue weighted by molar-refractivity contribution is -0.299. The predicted octanol–water partition coefficient (Wildman–Crippen LogP) is 16.0. The Kier molecular flexibility index (Phi) is 21.8. The van der Waals surface area contributed by atoms with E-state index in [9.17, 15) is 35.9 Å². The number of ether oxygens (including phenoxy) is 4. The summed E-state index contributed by atoms with van der Waals surface area (Å²) in [5, 5.41) is 21.9. The molecule has 440 valence electrons. The molecule has 0 unspecified atom stereocenters. The van der Waals surface area contributed by atoms with E-state index in [1.807, 2.05) is 13.0 Å². The third kappa shape index (κ3) is 17.3. The molecule has 5 heterocycles. The molecular formula is C58H66F6N8O8S2. The zero-order valence-electron chi connectivity index (χ0n) is 46.8. The fourth-order valence-electron chi connectivity index (χ4n) is 7.82. The van der Waals surface area contributed by atoms with Gasteiger partial charge in [0.1, 0.15) is 21.3 Å². The standard InChI is InChI=1S/C30H35F3N4O4S.C28H31F3N4O4S/c1-7-9-16-29(30(31,32)33,39-19-21-14-12-11-13-15-21)26-37-36-24(40-26)23-22(34-27(38)41-28(4,5)6)18-20(3)25(35-23)42-17-10-8-2;1-18-16-20(32-25(36)39-26(2,3)4)21-22-34-35-24(38-22)27(28(29,30)31,37-17-19-12-8-7-9-13-19)14-10-5-6-11-15-40-23(18)33-21/h7-8,11-15,18H,1-2,9-10,16-17,19H2,3-6H3,(H,34,38);5-9,12-13,16H,10-11,14-15,17H2,1-4H3,(H,32,36)/t29-;27-/m11/s1. The first-order valence-corrected chi connectivity index (χ1v) is 28.0. The van der Waals surface area contributed by atoms with Gasteiger partial charge in [-0.15, -0.1) is 57.1 Å². The van der Waals surface area contributed by atoms with Gasteiger partial charge >= 0.3 is 24.5 Å². The van der Waals surface area contributed by atoms with Crippen LogP contribution in [0, 0.1) is 13.8 Å². The number of fused-ring (bicyclic) bond motifs is 5. The van der Waals surface area contributed by atoms with Crippen LogP contribution in [0.4, 0.5) is 47.3 Å². The van der Waals surface area contributed by atoms with Crippen molar-refractivity contribution in [2.75, 3.05) is 22.1 Å². The zero-order valence-corrected chi connectivity index (χ0v) is 48.4. The number of hydrogen-bond donors (Lipinski definition) is 2. The lowest BCUT2D eigenvalue weighted by atomic mass is 9.95. The molecule has 2 N–H and O–H groups in total. The highest BCUT2D eigenvalue weighted by molar-refractivity contribution is 7.99. The number of aromatic nitrogens is 6. The van der Waals surface area contributed by atoms with Crippen molar-refractivity contribution < 1.29 is 63.7 Å². The Labute approximate surface area is 480 Å². The van der Waals surface area contributed by atoms with Crippen LogP contribution in [-0.2, 0) is 43.4 Å². The summed E-state index contributed by atoms with van der Waals surface area (Å²) in [6.45, 7) is 20.5. The number of halogens is 6. The monoisotopic (exact) mass is 1180 g/mol. The molecule has 6 aromatic rings. The van der Waals surface area contributed by atoms with Crippen molar-refractivity contribution in [3.63, 3.8) is 0 Å². The van der Waals surface area contributed by atoms with Gasteiger partial charge in [-0.05, 0) is 128 Å². The van der Waals surface area contributed by atoms with Gasteiger partial charge in [-0.2, -0.15) is 26.3 Å². The molecular weight excluding hydrogens is 1110 g/mol. The van der Waals surface area contributed by atoms with E-state index in [4.69, 9.17) is 27.8 Å². The van der Waals surface area contributed by atoms with Crippen LogP contribution in [0.25, 0.3) is 23.2 Å². The number of allylic oxidation sites excluding steroid dienone is 4. The van der Waals surface area contributed by atoms with E-state index in [2.05, 4.69) is 54.2 Å². The van der Waals surface area contributed by atoms with Gasteiger partial charge in [0.2, 0.25) is 11.2 Å². The summed E-state index contributed by atoms with van der Waals surface area (Å²) in [6, 6.07) is 20.3. The van der Waals surface area contributed by atoms with Crippen LogP contribution < -0.4 is 10.6 Å². The highest BCUT2D eigenvalue weighted by Crippen LogP contribution is 2.49. The van der Waals surface area contributed by atoms with Crippen molar-refractivity contribution in [2.24, 2.45) is 0 Å². The topological polar surface area (TPSA) is 199 Å². The summed E-state index contributed by atoms with van der Waals surface area (Å²) in [7, 11) is 0. The lowest BCUT2D eigenvalue weighted by Gasteiger charge is -2.32. The summed E-state index contributed by atoms with van der Waals surface area (Å²) in [5.41, 5.74) is -4.45. The molecule has 4 bridgehead atoms. The van der Waals surface area contributed by atoms with Crippen LogP contribution in [0.2, 0.25) is 0 Å². The van der Waals surface area contributed by atoms with Gasteiger partial charge in [0, 0.05) is 11.5 Å². The molecule has 0 fully saturated rings. The van der Waals surface area contributed by atoms with Crippen LogP contribution in [0.15, 0.2) is 129 Å². The number of nitrogens with zero attached hydrogens (tertiary/aromatic N) is 6. The van der Waals surface area contributed by atoms with Crippen molar-refractivity contribution in [1.82, 2.24) is 30.4 Å². The van der Waals surface area contributed by atoms with E-state index in [1.165, 1.54) is 29.6 Å². The van der Waals surface area contributed by atoms with Gasteiger partial charge in [-0.1, -0.05) is 85.0 Å². The molecule has 4 aromatic heterocycles. The Bertz CT molecular complexity index is 3150. The number of carbonyl (C=O) groups is 2. The summed E-state index contributed by atoms with van der Waals surface area (Å²) in [5.74, 6) is -0.821. The van der Waals surface area contributed by atoms with E-state index in [0.717, 1.165) is 11.1 Å². The Morgan fingerprint density at radius 3 is 1.84 bits per heavy atom. The molecule has 0 spiro atoms. The smallest absolute Gasteiger partial charge is 0.426 e. The maximum Gasteiger partial charge on any atom is 0.426 e. The second-order valence-corrected chi connectivity index (χ2v) is 22.9. The average Bonchev–Trinajstić information content (AvgIpc) is 2.41. The number of nitrogens with one attached hydrogen (secondary N) is 2. The fraction of sp³-hybridized carbons (Fsp3) is 0.414. The molecule has 0 aliphatic carbocycles. The van der Waals surface area contributed by atoms with Crippen molar-refractivity contribution in [3.05, 3.63) is 144 Å². The first-order valence-electron chi connectivity index (χ1n) is 26.0. The summed E-state index contributed by atoms with van der Waals surface area (Å²) < 4.78 is 122. The molecule has 1 aliphatic rings. The zero-order chi connectivity index (χ0) is 59.9. The molecule has 1 aliphatic heterocycles. The van der Waals surface area contributed by atoms with Crippen LogP contribution in [-0.4, -0.2) is 77.6 Å². The van der Waals surface area contributed by atoms with Gasteiger partial charge in [-0.3, -0.25) is 10.6 Å². The second-order valence-electron chi connectivity index (χ2n) is 20.7. The molecule has 2 amide bonds. The van der Waals surface area contributed by atoms with Gasteiger partial charge in [0.25, 0.3) is 23.6 Å². The number of amides is 2. The van der Waals surface area contributed by atoms with Gasteiger partial charge in [-0.25, -0.2) is 19.6 Å². The molecule has 0 radical (unpaired) electrons. The van der Waals surface area contributed by atoms with Gasteiger partial charge < -0.3 is 27.8 Å². The Morgan fingerprint density at radius 2 is 1.27 bits per heavy atom. The third-order valence-corrected chi connectivity index (χ3v) is 14.0. The van der Waals surface area contributed by atoms with Crippen molar-refractivity contribution in [3.8, 4) is 23.2 Å². The number of pyridine rings is 2. The first-order chi connectivity index (χ1) is 38.7. The average molecular weight is 1180 g/mol. The number of carbonyl (C=O) groups excluding carboxylic acids is 2. The summed E-state index contributed by atoms with van der Waals surface area (Å²) in [6.07, 6.45) is -4.30. The molecule has 24 heteroatoms. The first kappa shape index (κ1) is 64.2. The van der Waals surface area contributed by atoms with Crippen molar-refractivity contribution in [1.29, 1.82) is 0 Å². The Balaban J connectivity index is 0.000000264. The number of anilines is 2. The molecule has 0 saturated carbocycles. The van der Waals surface area contributed by atoms with E-state index >= 15 is 0 Å². The molecule has 0 saturated heterocycles. The van der Waals surface area contributed by atoms with Crippen LogP contribution in [0.5, 0.6) is 0 Å². The molecule has 7 rings (SSSR count). The second kappa shape index (κ2) is 27.8. The number of aryl methyl sites for hydroxylation is 2. The molecule has 2 aromatic carbocycles. The van der Waals surface area contributed by atoms with E-state index in [0.29, 0.717) is 45.5 Å². The van der Waals surface area contributed by atoms with Gasteiger partial charge in [0.15, 0.2) is 11.4 Å². The number of thioether (sulfide) groups is 2. The highest BCUT2D eigenvalue weighted by atomic mass is 32.2. The van der Waals surface area contributed by atoms with Crippen LogP contribution in [0.3, 0.4) is 0 Å². The normalized spacial score (nSPS) is 15.7. The maximum absolute atomic E-state index is 14.9. The minimum Gasteiger partial charge on any atom is -0.444 e. The predicted molar refractivity (Wildman–Crippen MR) is 301 cm³/mol. The lowest BCUT2D eigenvalue weighted by Crippen LogP contribution is -2.45. The van der Waals surface area contributed by atoms with Gasteiger partial charge in [0.05, 0.1) is 24.6 Å². The van der Waals surface area contributed by atoms with Crippen LogP contribution >= 0.6 is 23.5 Å². The minimum absolute atomic E-state index is 0.00540. The van der Waals surface area contributed by atoms with E-state index in [-0.39, 0.29) is 60.6 Å². The number of alkyl halides is 6. The maximum atomic E-state index is 14.9. The Morgan fingerprint density at radius 1 is 0.720 bits per heavy atom. The SMILES string of the molecule is C=CCCSc1nc(-c2nnc([C@@](CCC=C)(OCc3ccccc3)C(F)(F)F)o2)c(NC(=O)OC(C)(C)C)cc1C.Cc1cc(NC(=O)OC(C)(C)C)c2nc1SCCC=CCC[C@](OCc1ccccc1)(C(F)(F)F)c1nnc-2o1. The number of hydrogen-bond acceptors (Lipinski definition) is 16. The van der Waals surface area contributed by atoms with Crippen LogP contribution in [0.1, 0.15) is 114 Å². The largest absolute Gasteiger partial charge is 0.444 e. The summed E-state index contributed by atoms with van der Waals surface area (Å²) >= 11 is 2.90. The minimum atomic E-state index is -4.92. The summed E-state index contributed by atoms with van der Waals surface area (Å²) in [4.78, 5) is 34.4. The highest BCUT2D eigenvalue weighted by Gasteiger charge is 2.62. The number of rotatable bonds is 17. The number of benzene rings is 2. The molecule has 16 nitrogen and oxygen atoms in total. The van der Waals surface area contributed by atoms with Crippen molar-refractivity contribution in [2.45, 2.75) is 152 Å². The molecule has 82 heavy (non-hydrogen) atoms. The quantitative estimate of drug-likeness (QED) is 0.0378. The van der Waals surface area contributed by atoms with E-state index < -0.39 is 71.6 Å². The van der Waals surface area contributed by atoms with Crippen molar-refractivity contribution >= 4 is 47.1 Å². The Hall–Kier alpha value is -7.02. The molecule has 2 atom stereocenters. The third-order valence-electron chi connectivity index (χ3n) is 11.7. The van der Waals surface area contributed by atoms with E-state index in [1.54, 1.807) is 133 Å².